The first-order valence-electron chi connectivity index (χ1n) is 8.73. The molecule has 0 aliphatic heterocycles. The fourth-order valence-corrected chi connectivity index (χ4v) is 2.50. The molecule has 1 N–H and O–H groups in total. The Kier molecular flexibility index (Phi) is 7.48. The zero-order valence-electron chi connectivity index (χ0n) is 15.9. The third-order valence-corrected chi connectivity index (χ3v) is 3.97. The predicted octanol–water partition coefficient (Wildman–Crippen LogP) is 3.60. The van der Waals surface area contributed by atoms with Crippen LogP contribution in [-0.2, 0) is 17.8 Å². The molecular formula is C21H27NO4. The molecule has 2 rings (SSSR count). The Morgan fingerprint density at radius 2 is 1.77 bits per heavy atom. The lowest BCUT2D eigenvalue weighted by Gasteiger charge is -2.13. The van der Waals surface area contributed by atoms with Crippen LogP contribution in [0.5, 0.6) is 11.5 Å². The van der Waals surface area contributed by atoms with E-state index in [1.54, 1.807) is 26.4 Å². The average molecular weight is 357 g/mol. The number of hydrogen-bond donors (Lipinski definition) is 1. The standard InChI is InChI=1S/C21H27NO4/c1-15(2)26-14-18-13-17(7-10-20(18)25-4)21(23)22-12-11-16-5-8-19(24-3)9-6-16/h5-10,13,15H,11-12,14H2,1-4H3,(H,22,23). The Balaban J connectivity index is 1.94. The van der Waals surface area contributed by atoms with Gasteiger partial charge in [0.15, 0.2) is 0 Å². The van der Waals surface area contributed by atoms with Gasteiger partial charge in [0, 0.05) is 17.7 Å². The van der Waals surface area contributed by atoms with Crippen molar-refractivity contribution >= 4 is 5.91 Å². The Morgan fingerprint density at radius 3 is 2.38 bits per heavy atom. The predicted molar refractivity (Wildman–Crippen MR) is 102 cm³/mol. The van der Waals surface area contributed by atoms with Crippen LogP contribution in [-0.4, -0.2) is 32.8 Å². The molecule has 0 radical (unpaired) electrons. The van der Waals surface area contributed by atoms with Crippen LogP contribution in [0, 0.1) is 0 Å². The summed E-state index contributed by atoms with van der Waals surface area (Å²) in [6.45, 7) is 4.92. The number of rotatable bonds is 9. The first-order chi connectivity index (χ1) is 12.5. The number of carbonyl (C=O) groups excluding carboxylic acids is 1. The molecule has 0 saturated heterocycles. The maximum Gasteiger partial charge on any atom is 0.251 e. The summed E-state index contributed by atoms with van der Waals surface area (Å²) in [6, 6.07) is 13.2. The minimum Gasteiger partial charge on any atom is -0.497 e. The molecule has 0 aromatic heterocycles. The van der Waals surface area contributed by atoms with Crippen molar-refractivity contribution in [2.24, 2.45) is 0 Å². The highest BCUT2D eigenvalue weighted by molar-refractivity contribution is 5.94. The summed E-state index contributed by atoms with van der Waals surface area (Å²) < 4.78 is 16.1. The van der Waals surface area contributed by atoms with E-state index in [9.17, 15) is 4.79 Å². The van der Waals surface area contributed by atoms with Gasteiger partial charge < -0.3 is 19.5 Å². The van der Waals surface area contributed by atoms with E-state index in [0.717, 1.165) is 29.0 Å². The van der Waals surface area contributed by atoms with Crippen molar-refractivity contribution in [1.82, 2.24) is 5.32 Å². The molecule has 26 heavy (non-hydrogen) atoms. The fourth-order valence-electron chi connectivity index (χ4n) is 2.50. The topological polar surface area (TPSA) is 56.8 Å². The molecule has 0 heterocycles. The zero-order valence-corrected chi connectivity index (χ0v) is 15.9. The van der Waals surface area contributed by atoms with Gasteiger partial charge in [0.25, 0.3) is 5.91 Å². The van der Waals surface area contributed by atoms with Gasteiger partial charge in [-0.3, -0.25) is 4.79 Å². The number of ether oxygens (including phenoxy) is 3. The minimum atomic E-state index is -0.105. The number of amides is 1. The number of benzene rings is 2. The first kappa shape index (κ1) is 19.8. The van der Waals surface area contributed by atoms with E-state index in [1.165, 1.54) is 0 Å². The molecule has 0 atom stereocenters. The van der Waals surface area contributed by atoms with E-state index < -0.39 is 0 Å². The van der Waals surface area contributed by atoms with Gasteiger partial charge in [0.2, 0.25) is 0 Å². The van der Waals surface area contributed by atoms with Gasteiger partial charge in [-0.15, -0.1) is 0 Å². The van der Waals surface area contributed by atoms with Crippen molar-refractivity contribution in [3.63, 3.8) is 0 Å². The monoisotopic (exact) mass is 357 g/mol. The molecule has 140 valence electrons. The van der Waals surface area contributed by atoms with E-state index in [1.807, 2.05) is 44.2 Å². The van der Waals surface area contributed by atoms with Crippen molar-refractivity contribution in [2.75, 3.05) is 20.8 Å². The number of methoxy groups -OCH3 is 2. The Bertz CT molecular complexity index is 710. The molecular weight excluding hydrogens is 330 g/mol. The van der Waals surface area contributed by atoms with Crippen LogP contribution >= 0.6 is 0 Å². The molecule has 0 spiro atoms. The quantitative estimate of drug-likeness (QED) is 0.745. The normalized spacial score (nSPS) is 10.7. The van der Waals surface area contributed by atoms with Gasteiger partial charge in [0.05, 0.1) is 26.9 Å². The summed E-state index contributed by atoms with van der Waals surface area (Å²) in [5.74, 6) is 1.44. The van der Waals surface area contributed by atoms with Crippen molar-refractivity contribution in [1.29, 1.82) is 0 Å². The molecule has 0 aliphatic carbocycles. The van der Waals surface area contributed by atoms with Crippen LogP contribution in [0.2, 0.25) is 0 Å². The Morgan fingerprint density at radius 1 is 1.04 bits per heavy atom. The van der Waals surface area contributed by atoms with E-state index >= 15 is 0 Å². The third kappa shape index (κ3) is 5.77. The highest BCUT2D eigenvalue weighted by Gasteiger charge is 2.11. The second kappa shape index (κ2) is 9.82. The highest BCUT2D eigenvalue weighted by Crippen LogP contribution is 2.21. The lowest BCUT2D eigenvalue weighted by molar-refractivity contribution is 0.0644. The van der Waals surface area contributed by atoms with Crippen molar-refractivity contribution in [3.8, 4) is 11.5 Å². The van der Waals surface area contributed by atoms with Crippen LogP contribution in [0.4, 0.5) is 0 Å². The van der Waals surface area contributed by atoms with Gasteiger partial charge in [-0.2, -0.15) is 0 Å². The SMILES string of the molecule is COc1ccc(CCNC(=O)c2ccc(OC)c(COC(C)C)c2)cc1. The number of hydrogen-bond acceptors (Lipinski definition) is 4. The van der Waals surface area contributed by atoms with Crippen molar-refractivity contribution in [3.05, 3.63) is 59.2 Å². The molecule has 5 heteroatoms. The van der Waals surface area contributed by atoms with Gasteiger partial charge in [0.1, 0.15) is 11.5 Å². The van der Waals surface area contributed by atoms with Crippen LogP contribution < -0.4 is 14.8 Å². The van der Waals surface area contributed by atoms with Gasteiger partial charge in [-0.1, -0.05) is 12.1 Å². The summed E-state index contributed by atoms with van der Waals surface area (Å²) in [5.41, 5.74) is 2.61. The molecule has 0 saturated carbocycles. The minimum absolute atomic E-state index is 0.105. The third-order valence-electron chi connectivity index (χ3n) is 3.97. The Labute approximate surface area is 155 Å². The second-order valence-corrected chi connectivity index (χ2v) is 6.24. The smallest absolute Gasteiger partial charge is 0.251 e. The zero-order chi connectivity index (χ0) is 18.9. The van der Waals surface area contributed by atoms with E-state index in [2.05, 4.69) is 5.32 Å². The molecule has 1 amide bonds. The molecule has 0 fully saturated rings. The first-order valence-corrected chi connectivity index (χ1v) is 8.73. The summed E-state index contributed by atoms with van der Waals surface area (Å²) in [4.78, 5) is 12.4. The molecule has 5 nitrogen and oxygen atoms in total. The highest BCUT2D eigenvalue weighted by atomic mass is 16.5. The lowest BCUT2D eigenvalue weighted by Crippen LogP contribution is -2.25. The van der Waals surface area contributed by atoms with Gasteiger partial charge in [-0.05, 0) is 56.2 Å². The second-order valence-electron chi connectivity index (χ2n) is 6.24. The van der Waals surface area contributed by atoms with Crippen molar-refractivity contribution in [2.45, 2.75) is 33.0 Å². The number of nitrogens with one attached hydrogen (secondary N) is 1. The summed E-state index contributed by atoms with van der Waals surface area (Å²) >= 11 is 0. The summed E-state index contributed by atoms with van der Waals surface area (Å²) in [7, 11) is 3.26. The van der Waals surface area contributed by atoms with Crippen molar-refractivity contribution < 1.29 is 19.0 Å². The Hall–Kier alpha value is -2.53. The molecule has 0 aliphatic rings. The van der Waals surface area contributed by atoms with Crippen LogP contribution in [0.15, 0.2) is 42.5 Å². The van der Waals surface area contributed by atoms with Crippen LogP contribution in [0.1, 0.15) is 35.3 Å². The van der Waals surface area contributed by atoms with Crippen LogP contribution in [0.25, 0.3) is 0 Å². The summed E-state index contributed by atoms with van der Waals surface area (Å²) in [6.07, 6.45) is 0.872. The molecule has 2 aromatic carbocycles. The van der Waals surface area contributed by atoms with E-state index in [-0.39, 0.29) is 12.0 Å². The van der Waals surface area contributed by atoms with E-state index in [4.69, 9.17) is 14.2 Å². The van der Waals surface area contributed by atoms with Crippen LogP contribution in [0.3, 0.4) is 0 Å². The summed E-state index contributed by atoms with van der Waals surface area (Å²) in [5, 5.41) is 2.95. The van der Waals surface area contributed by atoms with Gasteiger partial charge >= 0.3 is 0 Å². The van der Waals surface area contributed by atoms with Gasteiger partial charge in [-0.25, -0.2) is 0 Å². The average Bonchev–Trinajstić information content (AvgIpc) is 2.66. The molecule has 2 aromatic rings. The van der Waals surface area contributed by atoms with E-state index in [0.29, 0.717) is 18.7 Å². The maximum atomic E-state index is 12.4. The maximum absolute atomic E-state index is 12.4. The lowest BCUT2D eigenvalue weighted by atomic mass is 10.1. The fraction of sp³-hybridized carbons (Fsp3) is 0.381. The molecule has 0 unspecified atom stereocenters. The number of carbonyl (C=O) groups is 1. The largest absolute Gasteiger partial charge is 0.497 e. The molecule has 0 bridgehead atoms.